The fraction of sp³-hybridized carbons (Fsp3) is 0.800. The molecule has 0 atom stereocenters. The van der Waals surface area contributed by atoms with E-state index >= 15 is 0 Å². The summed E-state index contributed by atoms with van der Waals surface area (Å²) in [6.07, 6.45) is 1.47. The standard InChI is InChI=1S/C5H10ClNO/c1-2-5(7-8)3-4-6/h8H,2-4H2,1H3/b7-5+. The monoisotopic (exact) mass is 135 g/mol. The summed E-state index contributed by atoms with van der Waals surface area (Å²) in [4.78, 5) is 0. The van der Waals surface area contributed by atoms with Crippen LogP contribution in [0, 0.1) is 0 Å². The number of alkyl halides is 1. The Morgan fingerprint density at radius 1 is 1.75 bits per heavy atom. The van der Waals surface area contributed by atoms with Crippen LogP contribution >= 0.6 is 11.6 Å². The van der Waals surface area contributed by atoms with Gasteiger partial charge in [-0.3, -0.25) is 0 Å². The molecule has 0 rings (SSSR count). The van der Waals surface area contributed by atoms with Gasteiger partial charge >= 0.3 is 0 Å². The predicted octanol–water partition coefficient (Wildman–Crippen LogP) is 1.86. The van der Waals surface area contributed by atoms with Gasteiger partial charge < -0.3 is 5.21 Å². The summed E-state index contributed by atoms with van der Waals surface area (Å²) in [6.45, 7) is 1.93. The van der Waals surface area contributed by atoms with Crippen molar-refractivity contribution in [1.29, 1.82) is 0 Å². The fourth-order valence-electron chi connectivity index (χ4n) is 0.407. The molecule has 1 N–H and O–H groups in total. The molecule has 0 aliphatic carbocycles. The van der Waals surface area contributed by atoms with E-state index in [4.69, 9.17) is 16.8 Å². The highest BCUT2D eigenvalue weighted by Crippen LogP contribution is 1.92. The molecule has 0 fully saturated rings. The molecule has 0 aliphatic rings. The van der Waals surface area contributed by atoms with Crippen LogP contribution in [0.25, 0.3) is 0 Å². The lowest BCUT2D eigenvalue weighted by molar-refractivity contribution is 0.316. The first-order valence-corrected chi connectivity index (χ1v) is 3.14. The zero-order chi connectivity index (χ0) is 6.41. The Hall–Kier alpha value is -0.240. The summed E-state index contributed by atoms with van der Waals surface area (Å²) in [5, 5.41) is 11.2. The van der Waals surface area contributed by atoms with E-state index in [0.717, 1.165) is 12.1 Å². The highest BCUT2D eigenvalue weighted by atomic mass is 35.5. The van der Waals surface area contributed by atoms with Crippen LogP contribution < -0.4 is 0 Å². The van der Waals surface area contributed by atoms with Gasteiger partial charge in [0.15, 0.2) is 0 Å². The number of oxime groups is 1. The Labute approximate surface area is 54.1 Å². The Morgan fingerprint density at radius 2 is 2.38 bits per heavy atom. The third kappa shape index (κ3) is 2.86. The molecular formula is C5H10ClNO. The smallest absolute Gasteiger partial charge is 0.0579 e. The minimum Gasteiger partial charge on any atom is -0.411 e. The van der Waals surface area contributed by atoms with E-state index in [2.05, 4.69) is 5.16 Å². The molecular weight excluding hydrogens is 126 g/mol. The Bertz CT molecular complexity index is 82.5. The van der Waals surface area contributed by atoms with E-state index in [-0.39, 0.29) is 0 Å². The van der Waals surface area contributed by atoms with Crippen LogP contribution in [0.15, 0.2) is 5.16 Å². The highest BCUT2D eigenvalue weighted by molar-refractivity contribution is 6.19. The quantitative estimate of drug-likeness (QED) is 0.273. The van der Waals surface area contributed by atoms with Crippen molar-refractivity contribution in [1.82, 2.24) is 0 Å². The maximum Gasteiger partial charge on any atom is 0.0579 e. The van der Waals surface area contributed by atoms with Crippen LogP contribution in [0.4, 0.5) is 0 Å². The van der Waals surface area contributed by atoms with Crippen LogP contribution in [-0.4, -0.2) is 16.8 Å². The van der Waals surface area contributed by atoms with Crippen LogP contribution in [0.3, 0.4) is 0 Å². The largest absolute Gasteiger partial charge is 0.411 e. The number of halogens is 1. The van der Waals surface area contributed by atoms with E-state index in [0.29, 0.717) is 12.3 Å². The average molecular weight is 136 g/mol. The second-order valence-electron chi connectivity index (χ2n) is 1.46. The van der Waals surface area contributed by atoms with Crippen molar-refractivity contribution in [2.75, 3.05) is 5.88 Å². The zero-order valence-corrected chi connectivity index (χ0v) is 5.65. The Kier molecular flexibility index (Phi) is 4.76. The van der Waals surface area contributed by atoms with E-state index < -0.39 is 0 Å². The molecule has 0 aromatic heterocycles. The van der Waals surface area contributed by atoms with E-state index in [1.807, 2.05) is 6.92 Å². The van der Waals surface area contributed by atoms with Gasteiger partial charge in [0.2, 0.25) is 0 Å². The van der Waals surface area contributed by atoms with Crippen molar-refractivity contribution in [3.05, 3.63) is 0 Å². The lowest BCUT2D eigenvalue weighted by Gasteiger charge is -1.92. The molecule has 0 unspecified atom stereocenters. The lowest BCUT2D eigenvalue weighted by Crippen LogP contribution is -1.95. The van der Waals surface area contributed by atoms with Gasteiger partial charge in [-0.25, -0.2) is 0 Å². The van der Waals surface area contributed by atoms with E-state index in [1.165, 1.54) is 0 Å². The van der Waals surface area contributed by atoms with Gasteiger partial charge in [-0.15, -0.1) is 11.6 Å². The molecule has 0 saturated heterocycles. The summed E-state index contributed by atoms with van der Waals surface area (Å²) in [5.74, 6) is 0.535. The van der Waals surface area contributed by atoms with E-state index in [9.17, 15) is 0 Å². The van der Waals surface area contributed by atoms with Gasteiger partial charge in [0.05, 0.1) is 5.71 Å². The van der Waals surface area contributed by atoms with Gasteiger partial charge in [0.1, 0.15) is 0 Å². The summed E-state index contributed by atoms with van der Waals surface area (Å²) in [7, 11) is 0. The summed E-state index contributed by atoms with van der Waals surface area (Å²) >= 11 is 5.36. The van der Waals surface area contributed by atoms with Crippen molar-refractivity contribution in [2.24, 2.45) is 5.16 Å². The Balaban J connectivity index is 3.38. The molecule has 0 radical (unpaired) electrons. The molecule has 8 heavy (non-hydrogen) atoms. The third-order valence-corrected chi connectivity index (χ3v) is 1.12. The van der Waals surface area contributed by atoms with E-state index in [1.54, 1.807) is 0 Å². The first kappa shape index (κ1) is 7.76. The first-order chi connectivity index (χ1) is 3.85. The predicted molar refractivity (Wildman–Crippen MR) is 34.8 cm³/mol. The van der Waals surface area contributed by atoms with Gasteiger partial charge in [-0.1, -0.05) is 12.1 Å². The lowest BCUT2D eigenvalue weighted by atomic mass is 10.2. The van der Waals surface area contributed by atoms with Gasteiger partial charge in [0.25, 0.3) is 0 Å². The van der Waals surface area contributed by atoms with Gasteiger partial charge in [-0.2, -0.15) is 0 Å². The van der Waals surface area contributed by atoms with Crippen molar-refractivity contribution in [3.8, 4) is 0 Å². The molecule has 0 aliphatic heterocycles. The van der Waals surface area contributed by atoms with Crippen LogP contribution in [0.1, 0.15) is 19.8 Å². The molecule has 0 spiro atoms. The summed E-state index contributed by atoms with van der Waals surface area (Å²) < 4.78 is 0. The molecule has 0 amide bonds. The molecule has 48 valence electrons. The number of hydrogen-bond acceptors (Lipinski definition) is 2. The van der Waals surface area contributed by atoms with Crippen molar-refractivity contribution < 1.29 is 5.21 Å². The molecule has 0 aromatic rings. The number of hydrogen-bond donors (Lipinski definition) is 1. The zero-order valence-electron chi connectivity index (χ0n) is 4.89. The van der Waals surface area contributed by atoms with Gasteiger partial charge in [-0.05, 0) is 6.42 Å². The Morgan fingerprint density at radius 3 is 2.50 bits per heavy atom. The summed E-state index contributed by atoms with van der Waals surface area (Å²) in [5.41, 5.74) is 0.764. The molecule has 0 saturated carbocycles. The number of nitrogens with zero attached hydrogens (tertiary/aromatic N) is 1. The fourth-order valence-corrected chi connectivity index (χ4v) is 0.625. The molecule has 0 heterocycles. The topological polar surface area (TPSA) is 32.6 Å². The number of rotatable bonds is 3. The third-order valence-electron chi connectivity index (χ3n) is 0.933. The highest BCUT2D eigenvalue weighted by Gasteiger charge is 1.92. The summed E-state index contributed by atoms with van der Waals surface area (Å²) in [6, 6.07) is 0. The van der Waals surface area contributed by atoms with Crippen LogP contribution in [0.5, 0.6) is 0 Å². The average Bonchev–Trinajstić information content (AvgIpc) is 1.83. The van der Waals surface area contributed by atoms with Crippen molar-refractivity contribution in [2.45, 2.75) is 19.8 Å². The van der Waals surface area contributed by atoms with Gasteiger partial charge in [0, 0.05) is 12.3 Å². The normalized spacial score (nSPS) is 12.0. The molecule has 2 nitrogen and oxygen atoms in total. The molecule has 0 bridgehead atoms. The van der Waals surface area contributed by atoms with Crippen LogP contribution in [0.2, 0.25) is 0 Å². The maximum atomic E-state index is 8.19. The SMILES string of the molecule is CC/C(CCCl)=N\O. The second kappa shape index (κ2) is 4.91. The van der Waals surface area contributed by atoms with Crippen molar-refractivity contribution in [3.63, 3.8) is 0 Å². The first-order valence-electron chi connectivity index (χ1n) is 2.61. The second-order valence-corrected chi connectivity index (χ2v) is 1.84. The van der Waals surface area contributed by atoms with Crippen LogP contribution in [-0.2, 0) is 0 Å². The van der Waals surface area contributed by atoms with Crippen molar-refractivity contribution >= 4 is 17.3 Å². The maximum absolute atomic E-state index is 8.19. The minimum absolute atomic E-state index is 0.535. The molecule has 0 aromatic carbocycles. The molecule has 3 heteroatoms. The minimum atomic E-state index is 0.535.